The molecule has 0 bridgehead atoms. The number of nitrogens with zero attached hydrogens (tertiary/aromatic N) is 1. The van der Waals surface area contributed by atoms with Gasteiger partial charge in [-0.25, -0.2) is 4.79 Å². The van der Waals surface area contributed by atoms with Gasteiger partial charge in [0.15, 0.2) is 18.1 Å². The molecule has 5 rings (SSSR count). The number of hydrogen-bond donors (Lipinski definition) is 1. The SMILES string of the molecule is O=C(COC(=O)c1c2c(nc3ccccc13)CCC2)Nc1ccc2c(c1)OCCO2. The number of aryl methyl sites for hydroxylation is 1. The molecular formula is C23H20N2O5. The number of fused-ring (bicyclic) bond motifs is 3. The van der Waals surface area contributed by atoms with Crippen molar-refractivity contribution in [1.29, 1.82) is 0 Å². The van der Waals surface area contributed by atoms with Gasteiger partial charge in [-0.1, -0.05) is 18.2 Å². The molecule has 7 nitrogen and oxygen atoms in total. The number of aromatic nitrogens is 1. The third-order valence-electron chi connectivity index (χ3n) is 5.28. The van der Waals surface area contributed by atoms with Crippen LogP contribution in [0.25, 0.3) is 10.9 Å². The molecule has 2 aliphatic rings. The lowest BCUT2D eigenvalue weighted by Crippen LogP contribution is -2.22. The Morgan fingerprint density at radius 1 is 1.03 bits per heavy atom. The zero-order chi connectivity index (χ0) is 20.5. The molecule has 7 heteroatoms. The summed E-state index contributed by atoms with van der Waals surface area (Å²) >= 11 is 0. The van der Waals surface area contributed by atoms with Crippen LogP contribution >= 0.6 is 0 Å². The molecule has 0 saturated carbocycles. The number of anilines is 1. The van der Waals surface area contributed by atoms with Crippen LogP contribution in [0, 0.1) is 0 Å². The van der Waals surface area contributed by atoms with Gasteiger partial charge < -0.3 is 19.5 Å². The van der Waals surface area contributed by atoms with Gasteiger partial charge in [-0.2, -0.15) is 0 Å². The van der Waals surface area contributed by atoms with Gasteiger partial charge in [0.2, 0.25) is 0 Å². The van der Waals surface area contributed by atoms with E-state index < -0.39 is 11.9 Å². The van der Waals surface area contributed by atoms with Crippen molar-refractivity contribution in [3.05, 3.63) is 59.3 Å². The van der Waals surface area contributed by atoms with E-state index in [1.807, 2.05) is 24.3 Å². The Kier molecular flexibility index (Phi) is 4.71. The summed E-state index contributed by atoms with van der Waals surface area (Å²) in [5, 5.41) is 3.48. The van der Waals surface area contributed by atoms with E-state index in [1.165, 1.54) is 0 Å². The predicted octanol–water partition coefficient (Wildman–Crippen LogP) is 3.29. The van der Waals surface area contributed by atoms with Crippen molar-refractivity contribution in [3.63, 3.8) is 0 Å². The molecule has 1 aromatic heterocycles. The molecule has 1 aliphatic carbocycles. The van der Waals surface area contributed by atoms with Crippen LogP contribution in [-0.2, 0) is 22.4 Å². The molecule has 2 heterocycles. The lowest BCUT2D eigenvalue weighted by Gasteiger charge is -2.19. The van der Waals surface area contributed by atoms with Crippen LogP contribution in [0.3, 0.4) is 0 Å². The van der Waals surface area contributed by atoms with Crippen LogP contribution in [-0.4, -0.2) is 36.7 Å². The Morgan fingerprint density at radius 2 is 1.87 bits per heavy atom. The minimum atomic E-state index is -0.496. The quantitative estimate of drug-likeness (QED) is 0.672. The second-order valence-electron chi connectivity index (χ2n) is 7.27. The minimum Gasteiger partial charge on any atom is -0.486 e. The number of rotatable bonds is 4. The topological polar surface area (TPSA) is 86.8 Å². The molecule has 0 saturated heterocycles. The number of hydrogen-bond acceptors (Lipinski definition) is 6. The van der Waals surface area contributed by atoms with Crippen LogP contribution in [0.1, 0.15) is 28.0 Å². The molecule has 0 radical (unpaired) electrons. The number of benzene rings is 2. The van der Waals surface area contributed by atoms with E-state index in [4.69, 9.17) is 14.2 Å². The minimum absolute atomic E-state index is 0.376. The van der Waals surface area contributed by atoms with Crippen molar-refractivity contribution in [2.45, 2.75) is 19.3 Å². The monoisotopic (exact) mass is 404 g/mol. The van der Waals surface area contributed by atoms with Crippen LogP contribution in [0.15, 0.2) is 42.5 Å². The van der Waals surface area contributed by atoms with E-state index in [2.05, 4.69) is 10.3 Å². The zero-order valence-electron chi connectivity index (χ0n) is 16.3. The van der Waals surface area contributed by atoms with Gasteiger partial charge in [0, 0.05) is 22.8 Å². The third-order valence-corrected chi connectivity index (χ3v) is 5.28. The molecule has 0 spiro atoms. The highest BCUT2D eigenvalue weighted by atomic mass is 16.6. The van der Waals surface area contributed by atoms with Crippen molar-refractivity contribution in [1.82, 2.24) is 4.98 Å². The highest BCUT2D eigenvalue weighted by Gasteiger charge is 2.25. The second-order valence-corrected chi connectivity index (χ2v) is 7.27. The van der Waals surface area contributed by atoms with Crippen LogP contribution in [0.5, 0.6) is 11.5 Å². The number of para-hydroxylation sites is 1. The van der Waals surface area contributed by atoms with E-state index in [9.17, 15) is 9.59 Å². The summed E-state index contributed by atoms with van der Waals surface area (Å²) in [6, 6.07) is 12.7. The number of nitrogens with one attached hydrogen (secondary N) is 1. The number of amides is 1. The lowest BCUT2D eigenvalue weighted by atomic mass is 10.0. The summed E-state index contributed by atoms with van der Waals surface area (Å²) in [5.41, 5.74) is 3.73. The van der Waals surface area contributed by atoms with E-state index in [-0.39, 0.29) is 6.61 Å². The maximum absolute atomic E-state index is 12.9. The van der Waals surface area contributed by atoms with Gasteiger partial charge in [0.1, 0.15) is 13.2 Å². The Hall–Kier alpha value is -3.61. The second kappa shape index (κ2) is 7.67. The molecule has 1 aliphatic heterocycles. The average molecular weight is 404 g/mol. The van der Waals surface area contributed by atoms with Crippen molar-refractivity contribution in [2.75, 3.05) is 25.1 Å². The fraction of sp³-hybridized carbons (Fsp3) is 0.261. The van der Waals surface area contributed by atoms with Crippen LogP contribution < -0.4 is 14.8 Å². The molecule has 0 fully saturated rings. The van der Waals surface area contributed by atoms with Gasteiger partial charge in [-0.3, -0.25) is 9.78 Å². The first-order chi connectivity index (χ1) is 14.7. The molecule has 0 atom stereocenters. The molecular weight excluding hydrogens is 384 g/mol. The van der Waals surface area contributed by atoms with Crippen LogP contribution in [0.2, 0.25) is 0 Å². The number of pyridine rings is 1. The van der Waals surface area contributed by atoms with Crippen molar-refractivity contribution < 1.29 is 23.8 Å². The Labute approximate surface area is 173 Å². The fourth-order valence-corrected chi connectivity index (χ4v) is 3.97. The summed E-state index contributed by atoms with van der Waals surface area (Å²) < 4.78 is 16.4. The number of esters is 1. The summed E-state index contributed by atoms with van der Waals surface area (Å²) in [4.78, 5) is 29.9. The molecule has 1 amide bonds. The molecule has 30 heavy (non-hydrogen) atoms. The van der Waals surface area contributed by atoms with Crippen molar-refractivity contribution >= 4 is 28.5 Å². The van der Waals surface area contributed by atoms with E-state index in [1.54, 1.807) is 18.2 Å². The standard InChI is InChI=1S/C23H20N2O5/c26-21(24-14-8-9-19-20(12-14)29-11-10-28-19)13-30-23(27)22-15-4-1-2-6-17(15)25-18-7-3-5-16(18)22/h1-2,4,6,8-9,12H,3,5,7,10-11,13H2,(H,24,26). The Morgan fingerprint density at radius 3 is 2.77 bits per heavy atom. The van der Waals surface area contributed by atoms with Gasteiger partial charge in [0.05, 0.1) is 11.1 Å². The first kappa shape index (κ1) is 18.4. The first-order valence-electron chi connectivity index (χ1n) is 9.96. The maximum atomic E-state index is 12.9. The summed E-state index contributed by atoms with van der Waals surface area (Å²) in [6.07, 6.45) is 2.61. The number of carbonyl (C=O) groups is 2. The van der Waals surface area contributed by atoms with Crippen molar-refractivity contribution in [2.24, 2.45) is 0 Å². The summed E-state index contributed by atoms with van der Waals surface area (Å²) in [6.45, 7) is 0.590. The highest BCUT2D eigenvalue weighted by Crippen LogP contribution is 2.33. The molecule has 2 aromatic carbocycles. The van der Waals surface area contributed by atoms with Gasteiger partial charge in [0.25, 0.3) is 5.91 Å². The smallest absolute Gasteiger partial charge is 0.339 e. The third kappa shape index (κ3) is 3.43. The maximum Gasteiger partial charge on any atom is 0.339 e. The molecule has 152 valence electrons. The van der Waals surface area contributed by atoms with Gasteiger partial charge in [-0.15, -0.1) is 0 Å². The molecule has 1 N–H and O–H groups in total. The molecule has 3 aromatic rings. The van der Waals surface area contributed by atoms with Gasteiger partial charge in [-0.05, 0) is 43.0 Å². The zero-order valence-corrected chi connectivity index (χ0v) is 16.3. The van der Waals surface area contributed by atoms with E-state index in [0.29, 0.717) is 36.0 Å². The lowest BCUT2D eigenvalue weighted by molar-refractivity contribution is -0.119. The van der Waals surface area contributed by atoms with Crippen LogP contribution in [0.4, 0.5) is 5.69 Å². The Balaban J connectivity index is 1.30. The van der Waals surface area contributed by atoms with E-state index >= 15 is 0 Å². The van der Waals surface area contributed by atoms with E-state index in [0.717, 1.165) is 41.4 Å². The summed E-state index contributed by atoms with van der Waals surface area (Å²) in [7, 11) is 0. The number of ether oxygens (including phenoxy) is 3. The van der Waals surface area contributed by atoms with Crippen molar-refractivity contribution in [3.8, 4) is 11.5 Å². The summed E-state index contributed by atoms with van der Waals surface area (Å²) in [5.74, 6) is 0.304. The first-order valence-corrected chi connectivity index (χ1v) is 9.96. The van der Waals surface area contributed by atoms with Gasteiger partial charge >= 0.3 is 5.97 Å². The predicted molar refractivity (Wildman–Crippen MR) is 110 cm³/mol. The Bertz CT molecular complexity index is 1160. The largest absolute Gasteiger partial charge is 0.486 e. The molecule has 0 unspecified atom stereocenters. The highest BCUT2D eigenvalue weighted by molar-refractivity contribution is 6.06. The normalized spacial score (nSPS) is 14.3. The average Bonchev–Trinajstić information content (AvgIpc) is 3.23. The number of carbonyl (C=O) groups excluding carboxylic acids is 2. The fourth-order valence-electron chi connectivity index (χ4n) is 3.97.